The third-order valence-electron chi connectivity index (χ3n) is 4.45. The number of carbonyl (C=O) groups excluding carboxylic acids is 2. The molecule has 1 aromatic heterocycles. The third kappa shape index (κ3) is 2.11. The fraction of sp³-hybridized carbons (Fsp3) is 0.600. The summed E-state index contributed by atoms with van der Waals surface area (Å²) in [5, 5.41) is 0. The van der Waals surface area contributed by atoms with Crippen LogP contribution in [0.25, 0.3) is 0 Å². The van der Waals surface area contributed by atoms with Gasteiger partial charge in [0.1, 0.15) is 11.7 Å². The highest BCUT2D eigenvalue weighted by atomic mass is 16.5. The summed E-state index contributed by atoms with van der Waals surface area (Å²) in [5.74, 6) is -0.354. The fourth-order valence-corrected chi connectivity index (χ4v) is 3.10. The van der Waals surface area contributed by atoms with Crippen LogP contribution in [0, 0.1) is 0 Å². The van der Waals surface area contributed by atoms with Crippen molar-refractivity contribution in [2.75, 3.05) is 13.7 Å². The van der Waals surface area contributed by atoms with Crippen LogP contribution in [-0.2, 0) is 9.53 Å². The monoisotopic (exact) mass is 276 g/mol. The Labute approximate surface area is 118 Å². The molecule has 2 aliphatic rings. The number of hydrogen-bond donors (Lipinski definition) is 0. The summed E-state index contributed by atoms with van der Waals surface area (Å²) in [6.07, 6.45) is 7.02. The van der Waals surface area contributed by atoms with Crippen molar-refractivity contribution in [1.82, 2.24) is 9.47 Å². The molecule has 1 saturated carbocycles. The zero-order chi connectivity index (χ0) is 14.1. The average molecular weight is 276 g/mol. The number of hydrogen-bond acceptors (Lipinski definition) is 3. The summed E-state index contributed by atoms with van der Waals surface area (Å²) in [4.78, 5) is 26.1. The molecule has 108 valence electrons. The van der Waals surface area contributed by atoms with E-state index in [0.29, 0.717) is 24.7 Å². The summed E-state index contributed by atoms with van der Waals surface area (Å²) in [6, 6.07) is 3.79. The minimum atomic E-state index is -0.419. The largest absolute Gasteiger partial charge is 0.467 e. The Hall–Kier alpha value is -1.78. The highest BCUT2D eigenvalue weighted by Gasteiger charge is 2.36. The van der Waals surface area contributed by atoms with Crippen LogP contribution in [0.4, 0.5) is 0 Å². The normalized spacial score (nSPS) is 22.6. The number of methoxy groups -OCH3 is 1. The highest BCUT2D eigenvalue weighted by molar-refractivity contribution is 5.96. The molecule has 0 aromatic carbocycles. The van der Waals surface area contributed by atoms with Gasteiger partial charge in [0.2, 0.25) is 0 Å². The maximum atomic E-state index is 12.7. The average Bonchev–Trinajstić information content (AvgIpc) is 3.03. The van der Waals surface area contributed by atoms with Crippen molar-refractivity contribution >= 4 is 11.9 Å². The maximum Gasteiger partial charge on any atom is 0.328 e. The molecule has 1 aliphatic heterocycles. The van der Waals surface area contributed by atoms with Gasteiger partial charge in [-0.2, -0.15) is 0 Å². The van der Waals surface area contributed by atoms with E-state index in [1.54, 1.807) is 4.90 Å². The van der Waals surface area contributed by atoms with Gasteiger partial charge in [0.05, 0.1) is 7.11 Å². The minimum absolute atomic E-state index is 0.0465. The zero-order valence-corrected chi connectivity index (χ0v) is 11.7. The lowest BCUT2D eigenvalue weighted by atomic mass is 9.93. The van der Waals surface area contributed by atoms with Crippen LogP contribution in [0.5, 0.6) is 0 Å². The van der Waals surface area contributed by atoms with E-state index in [4.69, 9.17) is 4.74 Å². The van der Waals surface area contributed by atoms with Crippen molar-refractivity contribution in [3.8, 4) is 0 Å². The first-order chi connectivity index (χ1) is 9.72. The Morgan fingerprint density at radius 2 is 2.05 bits per heavy atom. The Balaban J connectivity index is 1.81. The van der Waals surface area contributed by atoms with Crippen LogP contribution in [0.15, 0.2) is 18.3 Å². The molecule has 2 heterocycles. The predicted molar refractivity (Wildman–Crippen MR) is 73.4 cm³/mol. The van der Waals surface area contributed by atoms with Gasteiger partial charge >= 0.3 is 5.97 Å². The molecule has 1 aromatic rings. The molecule has 1 unspecified atom stereocenters. The number of esters is 1. The van der Waals surface area contributed by atoms with E-state index in [0.717, 1.165) is 19.3 Å². The van der Waals surface area contributed by atoms with Crippen molar-refractivity contribution < 1.29 is 14.3 Å². The molecule has 5 heteroatoms. The molecule has 0 spiro atoms. The lowest BCUT2D eigenvalue weighted by molar-refractivity contribution is -0.145. The number of aromatic nitrogens is 1. The first-order valence-electron chi connectivity index (χ1n) is 7.28. The van der Waals surface area contributed by atoms with E-state index >= 15 is 0 Å². The lowest BCUT2D eigenvalue weighted by Crippen LogP contribution is -2.42. The van der Waals surface area contributed by atoms with Gasteiger partial charge in [0.15, 0.2) is 0 Å². The van der Waals surface area contributed by atoms with Crippen LogP contribution in [0.2, 0.25) is 0 Å². The van der Waals surface area contributed by atoms with Gasteiger partial charge in [0, 0.05) is 18.8 Å². The van der Waals surface area contributed by atoms with Gasteiger partial charge in [0.25, 0.3) is 5.91 Å². The zero-order valence-electron chi connectivity index (χ0n) is 11.7. The number of ether oxygens (including phenoxy) is 1. The molecule has 0 N–H and O–H groups in total. The Morgan fingerprint density at radius 3 is 2.70 bits per heavy atom. The minimum Gasteiger partial charge on any atom is -0.467 e. The molecule has 2 fully saturated rings. The van der Waals surface area contributed by atoms with Crippen molar-refractivity contribution in [2.24, 2.45) is 0 Å². The Bertz CT molecular complexity index is 519. The molecule has 0 bridgehead atoms. The molecule has 1 amide bonds. The SMILES string of the molecule is COC(=O)C1CCCN1C(=O)c1cccn1C1CCC1. The molecule has 3 rings (SSSR count). The predicted octanol–water partition coefficient (Wildman–Crippen LogP) is 1.99. The fourth-order valence-electron chi connectivity index (χ4n) is 3.10. The topological polar surface area (TPSA) is 51.5 Å². The number of likely N-dealkylation sites (tertiary alicyclic amines) is 1. The van der Waals surface area contributed by atoms with Crippen LogP contribution >= 0.6 is 0 Å². The van der Waals surface area contributed by atoms with Gasteiger partial charge in [-0.05, 0) is 44.2 Å². The summed E-state index contributed by atoms with van der Waals surface area (Å²) < 4.78 is 6.87. The van der Waals surface area contributed by atoms with Gasteiger partial charge < -0.3 is 14.2 Å². The molecule has 5 nitrogen and oxygen atoms in total. The number of rotatable bonds is 3. The van der Waals surface area contributed by atoms with Crippen molar-refractivity contribution in [2.45, 2.75) is 44.2 Å². The van der Waals surface area contributed by atoms with Gasteiger partial charge in [-0.3, -0.25) is 4.79 Å². The van der Waals surface area contributed by atoms with Gasteiger partial charge in [-0.15, -0.1) is 0 Å². The molecular formula is C15H20N2O3. The van der Waals surface area contributed by atoms with Gasteiger partial charge in [-0.25, -0.2) is 4.79 Å². The molecule has 1 atom stereocenters. The quantitative estimate of drug-likeness (QED) is 0.793. The molecular weight excluding hydrogens is 256 g/mol. The van der Waals surface area contributed by atoms with E-state index in [2.05, 4.69) is 4.57 Å². The second-order valence-corrected chi connectivity index (χ2v) is 5.57. The van der Waals surface area contributed by atoms with Crippen molar-refractivity contribution in [3.05, 3.63) is 24.0 Å². The third-order valence-corrected chi connectivity index (χ3v) is 4.45. The highest BCUT2D eigenvalue weighted by Crippen LogP contribution is 2.33. The van der Waals surface area contributed by atoms with E-state index in [1.165, 1.54) is 13.5 Å². The first kappa shape index (κ1) is 13.2. The standard InChI is InChI=1S/C15H20N2O3/c1-20-15(19)13-8-4-10-17(13)14(18)12-7-3-9-16(12)11-5-2-6-11/h3,7,9,11,13H,2,4-6,8,10H2,1H3. The van der Waals surface area contributed by atoms with E-state index in [-0.39, 0.29) is 11.9 Å². The van der Waals surface area contributed by atoms with Gasteiger partial charge in [-0.1, -0.05) is 0 Å². The Morgan fingerprint density at radius 1 is 1.25 bits per heavy atom. The number of carbonyl (C=O) groups is 2. The summed E-state index contributed by atoms with van der Waals surface area (Å²) >= 11 is 0. The molecule has 1 aliphatic carbocycles. The van der Waals surface area contributed by atoms with Crippen LogP contribution < -0.4 is 0 Å². The number of nitrogens with zero attached hydrogens (tertiary/aromatic N) is 2. The summed E-state index contributed by atoms with van der Waals surface area (Å²) in [6.45, 7) is 0.633. The van der Waals surface area contributed by atoms with E-state index in [1.807, 2.05) is 18.3 Å². The van der Waals surface area contributed by atoms with E-state index < -0.39 is 6.04 Å². The summed E-state index contributed by atoms with van der Waals surface area (Å²) in [7, 11) is 1.38. The second-order valence-electron chi connectivity index (χ2n) is 5.57. The smallest absolute Gasteiger partial charge is 0.328 e. The molecule has 0 radical (unpaired) electrons. The van der Waals surface area contributed by atoms with Crippen LogP contribution in [0.1, 0.15) is 48.6 Å². The second kappa shape index (κ2) is 5.31. The summed E-state index contributed by atoms with van der Waals surface area (Å²) in [5.41, 5.74) is 0.700. The van der Waals surface area contributed by atoms with Crippen molar-refractivity contribution in [3.63, 3.8) is 0 Å². The maximum absolute atomic E-state index is 12.7. The Kier molecular flexibility index (Phi) is 3.51. The number of amides is 1. The molecule has 20 heavy (non-hydrogen) atoms. The van der Waals surface area contributed by atoms with E-state index in [9.17, 15) is 9.59 Å². The molecule has 1 saturated heterocycles. The lowest BCUT2D eigenvalue weighted by Gasteiger charge is -2.30. The van der Waals surface area contributed by atoms with Crippen LogP contribution in [-0.4, -0.2) is 41.0 Å². The first-order valence-corrected chi connectivity index (χ1v) is 7.28. The van der Waals surface area contributed by atoms with Crippen molar-refractivity contribution in [1.29, 1.82) is 0 Å². The van der Waals surface area contributed by atoms with Crippen LogP contribution in [0.3, 0.4) is 0 Å².